The van der Waals surface area contributed by atoms with Gasteiger partial charge in [0, 0.05) is 19.3 Å². The van der Waals surface area contributed by atoms with Crippen LogP contribution in [-0.4, -0.2) is 37.2 Å². The average molecular weight is 1060 g/mol. The van der Waals surface area contributed by atoms with Gasteiger partial charge in [-0.1, -0.05) is 278 Å². The van der Waals surface area contributed by atoms with E-state index in [1.54, 1.807) is 0 Å². The Bertz CT molecular complexity index is 1540. The summed E-state index contributed by atoms with van der Waals surface area (Å²) in [7, 11) is 0. The minimum absolute atomic E-state index is 0.0947. The molecule has 0 aliphatic carbocycles. The summed E-state index contributed by atoms with van der Waals surface area (Å²) in [6.07, 6.45) is 86.6. The quantitative estimate of drug-likeness (QED) is 0.0261. The third kappa shape index (κ3) is 60.9. The summed E-state index contributed by atoms with van der Waals surface area (Å²) < 4.78 is 16.9. The molecule has 0 aromatic heterocycles. The van der Waals surface area contributed by atoms with Gasteiger partial charge in [-0.05, 0) is 109 Å². The van der Waals surface area contributed by atoms with Crippen molar-refractivity contribution in [2.45, 2.75) is 303 Å². The highest BCUT2D eigenvalue weighted by Crippen LogP contribution is 2.16. The largest absolute Gasteiger partial charge is 0.462 e. The Morgan fingerprint density at radius 3 is 0.842 bits per heavy atom. The standard InChI is InChI=1S/C70H118O6/c1-4-7-10-13-16-19-22-25-28-30-31-32-33-34-35-36-37-38-39-40-43-45-48-51-54-57-60-63-69(72)75-66-67(65-74-68(71)62-59-56-53-50-47-44-41-27-24-21-18-15-12-9-6-3)76-70(73)64-61-58-55-52-49-46-42-29-26-23-20-17-14-11-8-5-2/h7,10,16,19,25,27-28,31-32,34-35,37-38,40-41,43,48,51,67H,4-6,8-9,11-15,17-18,20-24,26,29-30,33,36,39,42,44-47,49-50,52-66H2,1-3H3/b10-7-,19-16-,28-25-,32-31-,35-34-,38-37-,41-27-,43-40-,51-48-. The molecule has 0 aliphatic heterocycles. The van der Waals surface area contributed by atoms with Crippen LogP contribution in [0, 0.1) is 0 Å². The molecule has 0 radical (unpaired) electrons. The minimum Gasteiger partial charge on any atom is -0.462 e. The van der Waals surface area contributed by atoms with Crippen molar-refractivity contribution < 1.29 is 28.6 Å². The number of carbonyl (C=O) groups is 3. The average Bonchev–Trinajstić information content (AvgIpc) is 3.42. The Labute approximate surface area is 470 Å². The number of esters is 3. The van der Waals surface area contributed by atoms with Crippen LogP contribution in [0.15, 0.2) is 109 Å². The first kappa shape index (κ1) is 72.1. The van der Waals surface area contributed by atoms with E-state index < -0.39 is 6.10 Å². The van der Waals surface area contributed by atoms with Crippen molar-refractivity contribution in [1.29, 1.82) is 0 Å². The van der Waals surface area contributed by atoms with Gasteiger partial charge in [-0.3, -0.25) is 14.4 Å². The molecule has 0 amide bonds. The number of carbonyl (C=O) groups excluding carboxylic acids is 3. The molecule has 6 heteroatoms. The molecule has 0 N–H and O–H groups in total. The van der Waals surface area contributed by atoms with Gasteiger partial charge < -0.3 is 14.2 Å². The molecule has 434 valence electrons. The molecule has 0 aromatic rings. The summed E-state index contributed by atoms with van der Waals surface area (Å²) in [4.78, 5) is 38.3. The van der Waals surface area contributed by atoms with Gasteiger partial charge in [-0.25, -0.2) is 0 Å². The number of hydrogen-bond acceptors (Lipinski definition) is 6. The van der Waals surface area contributed by atoms with Crippen LogP contribution in [0.1, 0.15) is 297 Å². The lowest BCUT2D eigenvalue weighted by Gasteiger charge is -2.18. The number of hydrogen-bond donors (Lipinski definition) is 0. The van der Waals surface area contributed by atoms with E-state index in [2.05, 4.69) is 130 Å². The van der Waals surface area contributed by atoms with Gasteiger partial charge in [0.15, 0.2) is 6.10 Å². The summed E-state index contributed by atoms with van der Waals surface area (Å²) in [6, 6.07) is 0. The maximum Gasteiger partial charge on any atom is 0.306 e. The van der Waals surface area contributed by atoms with E-state index in [1.807, 2.05) is 0 Å². The van der Waals surface area contributed by atoms with E-state index in [1.165, 1.54) is 141 Å². The zero-order valence-corrected chi connectivity index (χ0v) is 49.7. The van der Waals surface area contributed by atoms with Gasteiger partial charge >= 0.3 is 17.9 Å². The minimum atomic E-state index is -0.800. The Kier molecular flexibility index (Phi) is 60.3. The molecule has 0 aliphatic rings. The Morgan fingerprint density at radius 2 is 0.513 bits per heavy atom. The van der Waals surface area contributed by atoms with Crippen molar-refractivity contribution in [2.75, 3.05) is 13.2 Å². The molecule has 0 spiro atoms. The van der Waals surface area contributed by atoms with Crippen LogP contribution in [-0.2, 0) is 28.6 Å². The predicted octanol–water partition coefficient (Wildman–Crippen LogP) is 21.8. The first-order valence-electron chi connectivity index (χ1n) is 31.9. The lowest BCUT2D eigenvalue weighted by molar-refractivity contribution is -0.167. The highest BCUT2D eigenvalue weighted by molar-refractivity contribution is 5.71. The normalized spacial score (nSPS) is 12.8. The van der Waals surface area contributed by atoms with Crippen molar-refractivity contribution in [2.24, 2.45) is 0 Å². The Balaban J connectivity index is 4.43. The van der Waals surface area contributed by atoms with Crippen LogP contribution in [0.5, 0.6) is 0 Å². The summed E-state index contributed by atoms with van der Waals surface area (Å²) in [5.74, 6) is -0.939. The maximum absolute atomic E-state index is 12.9. The number of ether oxygens (including phenoxy) is 3. The highest BCUT2D eigenvalue weighted by atomic mass is 16.6. The van der Waals surface area contributed by atoms with Crippen molar-refractivity contribution in [1.82, 2.24) is 0 Å². The fourth-order valence-electron chi connectivity index (χ4n) is 8.75. The van der Waals surface area contributed by atoms with Crippen molar-refractivity contribution in [3.05, 3.63) is 109 Å². The van der Waals surface area contributed by atoms with Gasteiger partial charge in [0.25, 0.3) is 0 Å². The molecule has 1 unspecified atom stereocenters. The van der Waals surface area contributed by atoms with Gasteiger partial charge in [0.2, 0.25) is 0 Å². The van der Waals surface area contributed by atoms with Crippen LogP contribution < -0.4 is 0 Å². The molecule has 76 heavy (non-hydrogen) atoms. The lowest BCUT2D eigenvalue weighted by Crippen LogP contribution is -2.30. The third-order valence-electron chi connectivity index (χ3n) is 13.5. The molecule has 0 aromatic carbocycles. The first-order valence-corrected chi connectivity index (χ1v) is 31.9. The SMILES string of the molecule is CC/C=C\C/C=C\C/C=C\C/C=C\C/C=C\C/C=C\C/C=C\C/C=C\CCCCC(=O)OCC(COC(=O)CCCCCCC/C=C\CCCCCCCC)OC(=O)CCCCCCCCCCCCCCCCCC. The predicted molar refractivity (Wildman–Crippen MR) is 330 cm³/mol. The van der Waals surface area contributed by atoms with Crippen molar-refractivity contribution in [3.63, 3.8) is 0 Å². The van der Waals surface area contributed by atoms with Crippen LogP contribution in [0.2, 0.25) is 0 Å². The topological polar surface area (TPSA) is 78.9 Å². The van der Waals surface area contributed by atoms with E-state index in [0.29, 0.717) is 19.3 Å². The Morgan fingerprint density at radius 1 is 0.276 bits per heavy atom. The van der Waals surface area contributed by atoms with Crippen molar-refractivity contribution >= 4 is 17.9 Å². The highest BCUT2D eigenvalue weighted by Gasteiger charge is 2.19. The van der Waals surface area contributed by atoms with Crippen LogP contribution in [0.25, 0.3) is 0 Å². The first-order chi connectivity index (χ1) is 37.5. The molecule has 0 rings (SSSR count). The smallest absolute Gasteiger partial charge is 0.306 e. The van der Waals surface area contributed by atoms with Gasteiger partial charge in [-0.15, -0.1) is 0 Å². The van der Waals surface area contributed by atoms with E-state index in [9.17, 15) is 14.4 Å². The molecule has 0 fully saturated rings. The Hall–Kier alpha value is -3.93. The maximum atomic E-state index is 12.9. The summed E-state index contributed by atoms with van der Waals surface area (Å²) >= 11 is 0. The van der Waals surface area contributed by atoms with Gasteiger partial charge in [0.05, 0.1) is 0 Å². The third-order valence-corrected chi connectivity index (χ3v) is 13.5. The second-order valence-corrected chi connectivity index (χ2v) is 20.9. The molecule has 0 bridgehead atoms. The van der Waals surface area contributed by atoms with Crippen molar-refractivity contribution in [3.8, 4) is 0 Å². The summed E-state index contributed by atoms with van der Waals surface area (Å²) in [6.45, 7) is 6.50. The lowest BCUT2D eigenvalue weighted by atomic mass is 10.0. The molecule has 0 heterocycles. The molecular weight excluding hydrogens is 937 g/mol. The number of allylic oxidation sites excluding steroid dienone is 18. The molecule has 0 saturated heterocycles. The van der Waals surface area contributed by atoms with E-state index in [-0.39, 0.29) is 31.1 Å². The fraction of sp³-hybridized carbons (Fsp3) is 0.700. The second kappa shape index (κ2) is 63.6. The molecular formula is C70H118O6. The van der Waals surface area contributed by atoms with E-state index in [0.717, 1.165) is 116 Å². The fourth-order valence-corrected chi connectivity index (χ4v) is 8.75. The molecule has 6 nitrogen and oxygen atoms in total. The van der Waals surface area contributed by atoms with E-state index >= 15 is 0 Å². The van der Waals surface area contributed by atoms with Crippen LogP contribution >= 0.6 is 0 Å². The van der Waals surface area contributed by atoms with Crippen LogP contribution in [0.3, 0.4) is 0 Å². The number of unbranched alkanes of at least 4 members (excludes halogenated alkanes) is 28. The number of rotatable bonds is 57. The van der Waals surface area contributed by atoms with Crippen LogP contribution in [0.4, 0.5) is 0 Å². The monoisotopic (exact) mass is 1050 g/mol. The summed E-state index contributed by atoms with van der Waals surface area (Å²) in [5.41, 5.74) is 0. The second-order valence-electron chi connectivity index (χ2n) is 20.9. The zero-order valence-electron chi connectivity index (χ0n) is 49.7. The van der Waals surface area contributed by atoms with Gasteiger partial charge in [-0.2, -0.15) is 0 Å². The zero-order chi connectivity index (χ0) is 55.0. The van der Waals surface area contributed by atoms with E-state index in [4.69, 9.17) is 14.2 Å². The summed E-state index contributed by atoms with van der Waals surface area (Å²) in [5, 5.41) is 0. The molecule has 0 saturated carbocycles. The molecule has 1 atom stereocenters. The van der Waals surface area contributed by atoms with Gasteiger partial charge in [0.1, 0.15) is 13.2 Å².